The molecule has 2 aliphatic heterocycles. The lowest BCUT2D eigenvalue weighted by Gasteiger charge is -2.44. The first-order chi connectivity index (χ1) is 21.9. The Morgan fingerprint density at radius 3 is 2.46 bits per heavy atom. The highest BCUT2D eigenvalue weighted by Crippen LogP contribution is 2.43. The zero-order valence-corrected chi connectivity index (χ0v) is 26.3. The SMILES string of the molecule is COc1ccc(C/C=C/C(=O)O[C@@H]2CC(C(C)OC3OCC(O)(CO)C3O)C(CC(C)O)O[C@@H]2c2ccc(O)c(O)c2)cc1OC. The third-order valence-corrected chi connectivity index (χ3v) is 8.40. The van der Waals surface area contributed by atoms with Crippen molar-refractivity contribution in [3.8, 4) is 23.0 Å². The summed E-state index contributed by atoms with van der Waals surface area (Å²) in [4.78, 5) is 13.1. The van der Waals surface area contributed by atoms with E-state index in [1.54, 1.807) is 45.2 Å². The van der Waals surface area contributed by atoms with Gasteiger partial charge < -0.3 is 59.1 Å². The zero-order chi connectivity index (χ0) is 33.6. The summed E-state index contributed by atoms with van der Waals surface area (Å²) in [7, 11) is 3.08. The zero-order valence-electron chi connectivity index (χ0n) is 26.3. The number of aromatic hydroxyl groups is 2. The number of hydrogen-bond acceptors (Lipinski definition) is 13. The second-order valence-corrected chi connectivity index (χ2v) is 11.8. The molecule has 2 fully saturated rings. The van der Waals surface area contributed by atoms with Crippen LogP contribution < -0.4 is 9.47 Å². The number of esters is 1. The maximum atomic E-state index is 13.1. The largest absolute Gasteiger partial charge is 0.504 e. The number of ether oxygens (including phenoxy) is 6. The molecule has 0 spiro atoms. The average molecular weight is 649 g/mol. The summed E-state index contributed by atoms with van der Waals surface area (Å²) in [6.45, 7) is 2.26. The molecular formula is C33H44O13. The standard InChI is InChI=1S/C33H44O13/c1-18(35)12-26-22(19(2)44-32-31(39)33(40,16-34)17-43-32)15-28(30(46-26)21-9-10-23(36)24(37)14-21)45-29(38)7-5-6-20-8-11-25(41-3)27(13-20)42-4/h5,7-11,13-14,18-19,22,26,28,30-32,34-37,39-40H,6,12,15-17H2,1-4H3/b7-5+/t18?,19?,22?,26?,28-,30-,31?,32?,33?/m1/s1. The average Bonchev–Trinajstić information content (AvgIpc) is 3.31. The highest BCUT2D eigenvalue weighted by atomic mass is 16.7. The number of methoxy groups -OCH3 is 2. The topological polar surface area (TPSA) is 194 Å². The summed E-state index contributed by atoms with van der Waals surface area (Å²) in [6, 6.07) is 9.60. The number of allylic oxidation sites excluding steroid dienone is 1. The molecule has 0 aliphatic carbocycles. The van der Waals surface area contributed by atoms with Gasteiger partial charge in [-0.1, -0.05) is 18.2 Å². The van der Waals surface area contributed by atoms with Gasteiger partial charge in [0.1, 0.15) is 23.9 Å². The molecule has 13 nitrogen and oxygen atoms in total. The van der Waals surface area contributed by atoms with Gasteiger partial charge in [-0.25, -0.2) is 4.79 Å². The molecule has 0 radical (unpaired) electrons. The Labute approximate surface area is 267 Å². The van der Waals surface area contributed by atoms with Crippen molar-refractivity contribution in [1.82, 2.24) is 0 Å². The van der Waals surface area contributed by atoms with Gasteiger partial charge in [0.2, 0.25) is 0 Å². The summed E-state index contributed by atoms with van der Waals surface area (Å²) in [6.07, 6.45) is -2.92. The van der Waals surface area contributed by atoms with Gasteiger partial charge in [0.25, 0.3) is 0 Å². The molecule has 0 bridgehead atoms. The molecule has 2 saturated heterocycles. The minimum Gasteiger partial charge on any atom is -0.504 e. The maximum absolute atomic E-state index is 13.1. The fraction of sp³-hybridized carbons (Fsp3) is 0.545. The van der Waals surface area contributed by atoms with Crippen LogP contribution in [0.1, 0.15) is 43.9 Å². The Hall–Kier alpha value is -3.43. The smallest absolute Gasteiger partial charge is 0.330 e. The van der Waals surface area contributed by atoms with Gasteiger partial charge in [-0.15, -0.1) is 0 Å². The number of phenolic OH excluding ortho intramolecular Hbond substituents is 2. The normalized spacial score (nSPS) is 29.4. The second-order valence-electron chi connectivity index (χ2n) is 11.8. The highest BCUT2D eigenvalue weighted by Gasteiger charge is 2.50. The van der Waals surface area contributed by atoms with Crippen LogP contribution >= 0.6 is 0 Å². The van der Waals surface area contributed by atoms with E-state index in [1.165, 1.54) is 25.3 Å². The van der Waals surface area contributed by atoms with Crippen LogP contribution in [-0.4, -0.2) is 106 Å². The number of aliphatic hydroxyl groups is 4. The predicted octanol–water partition coefficient (Wildman–Crippen LogP) is 1.89. The molecule has 0 aromatic heterocycles. The molecule has 0 amide bonds. The molecule has 46 heavy (non-hydrogen) atoms. The fourth-order valence-electron chi connectivity index (χ4n) is 5.81. The van der Waals surface area contributed by atoms with E-state index in [0.29, 0.717) is 23.5 Å². The van der Waals surface area contributed by atoms with E-state index < -0.39 is 67.0 Å². The van der Waals surface area contributed by atoms with Crippen LogP contribution in [0.2, 0.25) is 0 Å². The molecule has 9 atom stereocenters. The van der Waals surface area contributed by atoms with E-state index in [1.807, 2.05) is 6.07 Å². The van der Waals surface area contributed by atoms with Crippen molar-refractivity contribution < 1.29 is 63.9 Å². The van der Waals surface area contributed by atoms with Crippen molar-refractivity contribution in [3.63, 3.8) is 0 Å². The summed E-state index contributed by atoms with van der Waals surface area (Å²) < 4.78 is 34.4. The van der Waals surface area contributed by atoms with Gasteiger partial charge in [0, 0.05) is 12.0 Å². The number of carbonyl (C=O) groups excluding carboxylic acids is 1. The molecule has 254 valence electrons. The Morgan fingerprint density at radius 1 is 1.09 bits per heavy atom. The van der Waals surface area contributed by atoms with Gasteiger partial charge in [0.05, 0.1) is 45.7 Å². The Morgan fingerprint density at radius 2 is 1.83 bits per heavy atom. The van der Waals surface area contributed by atoms with Gasteiger partial charge in [-0.2, -0.15) is 0 Å². The third-order valence-electron chi connectivity index (χ3n) is 8.40. The lowest BCUT2D eigenvalue weighted by molar-refractivity contribution is -0.231. The van der Waals surface area contributed by atoms with Crippen LogP contribution in [0.25, 0.3) is 0 Å². The van der Waals surface area contributed by atoms with E-state index in [4.69, 9.17) is 28.4 Å². The monoisotopic (exact) mass is 648 g/mol. The first-order valence-corrected chi connectivity index (χ1v) is 15.1. The fourth-order valence-corrected chi connectivity index (χ4v) is 5.81. The van der Waals surface area contributed by atoms with Crippen molar-refractivity contribution in [2.75, 3.05) is 27.4 Å². The summed E-state index contributed by atoms with van der Waals surface area (Å²) >= 11 is 0. The molecule has 2 aromatic carbocycles. The number of aliphatic hydroxyl groups excluding tert-OH is 3. The van der Waals surface area contributed by atoms with E-state index in [2.05, 4.69) is 0 Å². The second kappa shape index (κ2) is 15.4. The third kappa shape index (κ3) is 8.28. The molecule has 2 heterocycles. The Kier molecular flexibility index (Phi) is 11.9. The molecule has 2 aromatic rings. The van der Waals surface area contributed by atoms with E-state index >= 15 is 0 Å². The first kappa shape index (κ1) is 35.4. The molecular weight excluding hydrogens is 604 g/mol. The quantitative estimate of drug-likeness (QED) is 0.105. The summed E-state index contributed by atoms with van der Waals surface area (Å²) in [5, 5.41) is 60.8. The van der Waals surface area contributed by atoms with Crippen molar-refractivity contribution in [1.29, 1.82) is 0 Å². The Balaban J connectivity index is 1.55. The lowest BCUT2D eigenvalue weighted by Crippen LogP contribution is -2.50. The first-order valence-electron chi connectivity index (χ1n) is 15.1. The molecule has 0 saturated carbocycles. The minimum atomic E-state index is -1.88. The number of phenols is 2. The van der Waals surface area contributed by atoms with E-state index in [0.717, 1.165) is 5.56 Å². The van der Waals surface area contributed by atoms with Crippen molar-refractivity contribution in [2.45, 2.75) is 81.6 Å². The maximum Gasteiger partial charge on any atom is 0.330 e. The lowest BCUT2D eigenvalue weighted by atomic mass is 9.82. The van der Waals surface area contributed by atoms with Crippen LogP contribution in [0.5, 0.6) is 23.0 Å². The van der Waals surface area contributed by atoms with Gasteiger partial charge in [-0.3, -0.25) is 0 Å². The highest BCUT2D eigenvalue weighted by molar-refractivity contribution is 5.82. The number of carbonyl (C=O) groups is 1. The van der Waals surface area contributed by atoms with Crippen LogP contribution in [0.4, 0.5) is 0 Å². The van der Waals surface area contributed by atoms with Crippen molar-refractivity contribution in [3.05, 3.63) is 59.7 Å². The molecule has 13 heteroatoms. The van der Waals surface area contributed by atoms with Crippen LogP contribution in [0.3, 0.4) is 0 Å². The van der Waals surface area contributed by atoms with Crippen LogP contribution in [0, 0.1) is 5.92 Å². The molecule has 2 aliphatic rings. The molecule has 6 N–H and O–H groups in total. The Bertz CT molecular complexity index is 1350. The van der Waals surface area contributed by atoms with Crippen molar-refractivity contribution >= 4 is 5.97 Å². The van der Waals surface area contributed by atoms with Gasteiger partial charge in [0.15, 0.2) is 29.3 Å². The number of rotatable bonds is 13. The minimum absolute atomic E-state index is 0.180. The summed E-state index contributed by atoms with van der Waals surface area (Å²) in [5.41, 5.74) is -0.566. The summed E-state index contributed by atoms with van der Waals surface area (Å²) in [5.74, 6) is -0.714. The van der Waals surface area contributed by atoms with Crippen LogP contribution in [-0.2, 0) is 30.2 Å². The van der Waals surface area contributed by atoms with Crippen LogP contribution in [0.15, 0.2) is 48.6 Å². The van der Waals surface area contributed by atoms with Gasteiger partial charge in [-0.05, 0) is 68.5 Å². The predicted molar refractivity (Wildman–Crippen MR) is 162 cm³/mol. The molecule has 7 unspecified atom stereocenters. The molecule has 4 rings (SSSR count). The number of benzene rings is 2. The van der Waals surface area contributed by atoms with Gasteiger partial charge >= 0.3 is 5.97 Å². The van der Waals surface area contributed by atoms with E-state index in [9.17, 15) is 35.4 Å². The van der Waals surface area contributed by atoms with E-state index in [-0.39, 0.29) is 30.9 Å². The number of hydrogen-bond donors (Lipinski definition) is 6. The van der Waals surface area contributed by atoms with Crippen molar-refractivity contribution in [2.24, 2.45) is 5.92 Å².